The van der Waals surface area contributed by atoms with Gasteiger partial charge in [-0.25, -0.2) is 12.7 Å². The molecule has 0 saturated heterocycles. The molecular formula is C11H12ClF2NO5S. The van der Waals surface area contributed by atoms with E-state index in [1.165, 1.54) is 6.07 Å². The van der Waals surface area contributed by atoms with Crippen molar-refractivity contribution in [3.8, 4) is 5.75 Å². The van der Waals surface area contributed by atoms with Crippen molar-refractivity contribution in [2.45, 2.75) is 17.9 Å². The zero-order valence-electron chi connectivity index (χ0n) is 10.8. The Hall–Kier alpha value is -1.45. The Morgan fingerprint density at radius 2 is 2.10 bits per heavy atom. The lowest BCUT2D eigenvalue weighted by Crippen LogP contribution is -2.29. The Balaban J connectivity index is 3.16. The summed E-state index contributed by atoms with van der Waals surface area (Å²) in [5, 5.41) is 8.57. The minimum Gasteiger partial charge on any atom is -0.481 e. The van der Waals surface area contributed by atoms with Gasteiger partial charge in [0, 0.05) is 18.6 Å². The van der Waals surface area contributed by atoms with E-state index in [-0.39, 0.29) is 11.6 Å². The average molecular weight is 344 g/mol. The van der Waals surface area contributed by atoms with Crippen molar-refractivity contribution in [1.82, 2.24) is 4.31 Å². The minimum atomic E-state index is -4.21. The summed E-state index contributed by atoms with van der Waals surface area (Å²) in [6, 6.07) is 3.17. The van der Waals surface area contributed by atoms with Gasteiger partial charge in [-0.1, -0.05) is 11.6 Å². The highest BCUT2D eigenvalue weighted by atomic mass is 35.5. The largest absolute Gasteiger partial charge is 0.481 e. The maximum Gasteiger partial charge on any atom is 0.387 e. The summed E-state index contributed by atoms with van der Waals surface area (Å²) in [6.07, 6.45) is -0.429. The molecule has 21 heavy (non-hydrogen) atoms. The van der Waals surface area contributed by atoms with Gasteiger partial charge in [0.15, 0.2) is 0 Å². The fraction of sp³-hybridized carbons (Fsp3) is 0.364. The van der Waals surface area contributed by atoms with Crippen LogP contribution in [0.2, 0.25) is 5.02 Å². The number of ether oxygens (including phenoxy) is 1. The molecule has 0 heterocycles. The zero-order chi connectivity index (χ0) is 16.2. The van der Waals surface area contributed by atoms with Crippen LogP contribution >= 0.6 is 11.6 Å². The molecule has 0 saturated carbocycles. The number of rotatable bonds is 7. The Kier molecular flexibility index (Phi) is 5.87. The number of alkyl halides is 2. The van der Waals surface area contributed by atoms with Gasteiger partial charge >= 0.3 is 12.6 Å². The first-order valence-electron chi connectivity index (χ1n) is 5.57. The van der Waals surface area contributed by atoms with Crippen LogP contribution in [0, 0.1) is 0 Å². The summed E-state index contributed by atoms with van der Waals surface area (Å²) < 4.78 is 54.0. The van der Waals surface area contributed by atoms with Crippen LogP contribution in [0.15, 0.2) is 23.1 Å². The third-order valence-electron chi connectivity index (χ3n) is 2.45. The van der Waals surface area contributed by atoms with E-state index in [9.17, 15) is 22.0 Å². The van der Waals surface area contributed by atoms with Gasteiger partial charge in [0.1, 0.15) is 10.6 Å². The normalized spacial score (nSPS) is 11.9. The fourth-order valence-electron chi connectivity index (χ4n) is 1.42. The molecule has 0 atom stereocenters. The second-order valence-corrected chi connectivity index (χ2v) is 6.39. The molecule has 118 valence electrons. The van der Waals surface area contributed by atoms with Crippen LogP contribution in [-0.2, 0) is 14.8 Å². The Bertz CT molecular complexity index is 623. The van der Waals surface area contributed by atoms with Crippen LogP contribution in [0.1, 0.15) is 6.42 Å². The quantitative estimate of drug-likeness (QED) is 0.819. The molecule has 0 bridgehead atoms. The van der Waals surface area contributed by atoms with Crippen molar-refractivity contribution >= 4 is 27.6 Å². The predicted molar refractivity (Wildman–Crippen MR) is 70.2 cm³/mol. The molecule has 0 amide bonds. The summed E-state index contributed by atoms with van der Waals surface area (Å²) >= 11 is 5.67. The number of sulfonamides is 1. The lowest BCUT2D eigenvalue weighted by Gasteiger charge is -2.18. The van der Waals surface area contributed by atoms with Gasteiger partial charge < -0.3 is 9.84 Å². The van der Waals surface area contributed by atoms with E-state index >= 15 is 0 Å². The average Bonchev–Trinajstić information content (AvgIpc) is 2.37. The monoisotopic (exact) mass is 343 g/mol. The molecule has 10 heteroatoms. The van der Waals surface area contributed by atoms with Gasteiger partial charge in [0.05, 0.1) is 6.42 Å². The summed E-state index contributed by atoms with van der Waals surface area (Å²) in [7, 11) is -3.08. The smallest absolute Gasteiger partial charge is 0.387 e. The molecule has 1 aromatic carbocycles. The van der Waals surface area contributed by atoms with Crippen LogP contribution in [0.5, 0.6) is 5.75 Å². The Morgan fingerprint density at radius 1 is 1.48 bits per heavy atom. The second kappa shape index (κ2) is 7.01. The highest BCUT2D eigenvalue weighted by Crippen LogP contribution is 2.30. The maximum absolute atomic E-state index is 12.3. The van der Waals surface area contributed by atoms with E-state index in [0.29, 0.717) is 0 Å². The molecule has 1 rings (SSSR count). The number of carboxylic acids is 1. The van der Waals surface area contributed by atoms with E-state index in [1.54, 1.807) is 0 Å². The summed E-state index contributed by atoms with van der Waals surface area (Å²) in [6.45, 7) is -3.53. The highest BCUT2D eigenvalue weighted by molar-refractivity contribution is 7.89. The molecule has 0 aromatic heterocycles. The second-order valence-electron chi connectivity index (χ2n) is 3.94. The molecular weight excluding hydrogens is 332 g/mol. The number of hydrogen-bond donors (Lipinski definition) is 1. The van der Waals surface area contributed by atoms with E-state index in [4.69, 9.17) is 16.7 Å². The highest BCUT2D eigenvalue weighted by Gasteiger charge is 2.26. The maximum atomic E-state index is 12.3. The van der Waals surface area contributed by atoms with Crippen LogP contribution in [-0.4, -0.2) is 44.0 Å². The van der Waals surface area contributed by atoms with Gasteiger partial charge in [-0.15, -0.1) is 0 Å². The lowest BCUT2D eigenvalue weighted by molar-refractivity contribution is -0.137. The van der Waals surface area contributed by atoms with Crippen molar-refractivity contribution in [3.63, 3.8) is 0 Å². The number of halogens is 3. The first kappa shape index (κ1) is 17.6. The molecule has 0 aliphatic carbocycles. The van der Waals surface area contributed by atoms with Crippen LogP contribution in [0.3, 0.4) is 0 Å². The Morgan fingerprint density at radius 3 is 2.62 bits per heavy atom. The third-order valence-corrected chi connectivity index (χ3v) is 4.56. The number of carboxylic acid groups (broad SMARTS) is 1. The summed E-state index contributed by atoms with van der Waals surface area (Å²) in [4.78, 5) is 9.91. The predicted octanol–water partition coefficient (Wildman–Crippen LogP) is 2.04. The molecule has 6 nitrogen and oxygen atoms in total. The van der Waals surface area contributed by atoms with E-state index in [2.05, 4.69) is 4.74 Å². The summed E-state index contributed by atoms with van der Waals surface area (Å²) in [5.41, 5.74) is 0. The number of aliphatic carboxylic acids is 1. The van der Waals surface area contributed by atoms with Gasteiger partial charge in [0.25, 0.3) is 0 Å². The first-order valence-corrected chi connectivity index (χ1v) is 7.39. The molecule has 0 aliphatic rings. The van der Waals surface area contributed by atoms with Gasteiger partial charge in [-0.3, -0.25) is 4.79 Å². The van der Waals surface area contributed by atoms with Crippen LogP contribution in [0.4, 0.5) is 8.78 Å². The van der Waals surface area contributed by atoms with Crippen LogP contribution < -0.4 is 4.74 Å². The SMILES string of the molecule is CN(CCC(=O)O)S(=O)(=O)c1cc(Cl)ccc1OC(F)F. The number of benzene rings is 1. The summed E-state index contributed by atoms with van der Waals surface area (Å²) in [5.74, 6) is -1.75. The van der Waals surface area contributed by atoms with Crippen LogP contribution in [0.25, 0.3) is 0 Å². The van der Waals surface area contributed by atoms with Gasteiger partial charge in [-0.05, 0) is 18.2 Å². The zero-order valence-corrected chi connectivity index (χ0v) is 12.4. The third kappa shape index (κ3) is 4.80. The molecule has 0 unspecified atom stereocenters. The van der Waals surface area contributed by atoms with Crippen molar-refractivity contribution < 1.29 is 31.8 Å². The van der Waals surface area contributed by atoms with E-state index in [1.807, 2.05) is 0 Å². The minimum absolute atomic E-state index is 0.0156. The number of hydrogen-bond acceptors (Lipinski definition) is 4. The van der Waals surface area contributed by atoms with Gasteiger partial charge in [-0.2, -0.15) is 8.78 Å². The molecule has 0 aliphatic heterocycles. The van der Waals surface area contributed by atoms with E-state index in [0.717, 1.165) is 23.5 Å². The molecule has 1 aromatic rings. The van der Waals surface area contributed by atoms with Gasteiger partial charge in [0.2, 0.25) is 10.0 Å². The van der Waals surface area contributed by atoms with Crippen molar-refractivity contribution in [1.29, 1.82) is 0 Å². The lowest BCUT2D eigenvalue weighted by atomic mass is 10.3. The molecule has 0 fully saturated rings. The van der Waals surface area contributed by atoms with Crippen molar-refractivity contribution in [3.05, 3.63) is 23.2 Å². The molecule has 1 N–H and O–H groups in total. The van der Waals surface area contributed by atoms with Crippen molar-refractivity contribution in [2.75, 3.05) is 13.6 Å². The molecule has 0 radical (unpaired) electrons. The number of carbonyl (C=O) groups is 1. The van der Waals surface area contributed by atoms with E-state index < -0.39 is 39.7 Å². The molecule has 0 spiro atoms. The standard InChI is InChI=1S/C11H12ClF2NO5S/c1-15(5-4-10(16)17)21(18,19)9-6-7(12)2-3-8(9)20-11(13)14/h2-3,6,11H,4-5H2,1H3,(H,16,17). The first-order chi connectivity index (χ1) is 9.64. The Labute approximate surface area is 124 Å². The number of nitrogens with zero attached hydrogens (tertiary/aromatic N) is 1. The van der Waals surface area contributed by atoms with Crippen molar-refractivity contribution in [2.24, 2.45) is 0 Å². The topological polar surface area (TPSA) is 83.9 Å². The fourth-order valence-corrected chi connectivity index (χ4v) is 2.97.